The van der Waals surface area contributed by atoms with Gasteiger partial charge in [0.1, 0.15) is 11.6 Å². The number of aliphatic hydroxyl groups is 1. The summed E-state index contributed by atoms with van der Waals surface area (Å²) in [4.78, 5) is 48.0. The highest BCUT2D eigenvalue weighted by molar-refractivity contribution is 6.05. The van der Waals surface area contributed by atoms with E-state index < -0.39 is 17.6 Å². The molecule has 5 heterocycles. The highest BCUT2D eigenvalue weighted by atomic mass is 16.3. The number of imide groups is 1. The number of carbonyl (C=O) groups is 3. The number of piperidine rings is 3. The van der Waals surface area contributed by atoms with Gasteiger partial charge in [-0.3, -0.25) is 24.7 Å². The van der Waals surface area contributed by atoms with Crippen LogP contribution in [0.4, 0.5) is 5.69 Å². The van der Waals surface area contributed by atoms with E-state index in [2.05, 4.69) is 45.4 Å². The van der Waals surface area contributed by atoms with Gasteiger partial charge in [0.05, 0.1) is 23.5 Å². The number of hydrogen-bond donors (Lipinski definition) is 2. The first-order valence-corrected chi connectivity index (χ1v) is 13.8. The summed E-state index contributed by atoms with van der Waals surface area (Å²) >= 11 is 0. The van der Waals surface area contributed by atoms with Gasteiger partial charge in [-0.2, -0.15) is 0 Å². The smallest absolute Gasteiger partial charge is 0.256 e. The topological polar surface area (TPSA) is 106 Å². The molecule has 1 unspecified atom stereocenters. The molecule has 38 heavy (non-hydrogen) atoms. The van der Waals surface area contributed by atoms with Crippen molar-refractivity contribution in [3.05, 3.63) is 59.4 Å². The lowest BCUT2D eigenvalue weighted by Gasteiger charge is -2.41. The SMILES string of the molecule is O=C1CCC(N2Cc3nc(C4(O)CCN(C[C@H]5CCCN(c6ccccc6)C5)CC4)ccc3C2=O)C(=O)N1. The van der Waals surface area contributed by atoms with E-state index in [1.54, 1.807) is 12.1 Å². The summed E-state index contributed by atoms with van der Waals surface area (Å²) in [5.74, 6) is -0.371. The molecule has 1 aromatic heterocycles. The van der Waals surface area contributed by atoms with Gasteiger partial charge in [-0.05, 0) is 62.3 Å². The van der Waals surface area contributed by atoms with Gasteiger partial charge in [-0.25, -0.2) is 0 Å². The van der Waals surface area contributed by atoms with Gasteiger partial charge in [-0.15, -0.1) is 0 Å². The van der Waals surface area contributed by atoms with Crippen LogP contribution in [0.15, 0.2) is 42.5 Å². The maximum atomic E-state index is 13.0. The Balaban J connectivity index is 1.07. The molecule has 200 valence electrons. The van der Waals surface area contributed by atoms with Gasteiger partial charge in [0.25, 0.3) is 5.91 Å². The number of pyridine rings is 1. The molecule has 0 saturated carbocycles. The fourth-order valence-electron chi connectivity index (χ4n) is 6.51. The molecule has 4 aliphatic rings. The first kappa shape index (κ1) is 25.0. The van der Waals surface area contributed by atoms with E-state index in [4.69, 9.17) is 4.98 Å². The third kappa shape index (κ3) is 4.80. The van der Waals surface area contributed by atoms with Crippen LogP contribution in [-0.4, -0.2) is 76.4 Å². The average molecular weight is 518 g/mol. The second-order valence-electron chi connectivity index (χ2n) is 11.2. The lowest BCUT2D eigenvalue weighted by molar-refractivity contribution is -0.136. The summed E-state index contributed by atoms with van der Waals surface area (Å²) in [7, 11) is 0. The van der Waals surface area contributed by atoms with Crippen molar-refractivity contribution in [2.45, 2.75) is 56.7 Å². The summed E-state index contributed by atoms with van der Waals surface area (Å²) < 4.78 is 0. The lowest BCUT2D eigenvalue weighted by Crippen LogP contribution is -2.52. The maximum absolute atomic E-state index is 13.0. The number of nitrogens with zero attached hydrogens (tertiary/aromatic N) is 4. The van der Waals surface area contributed by atoms with E-state index in [0.717, 1.165) is 32.7 Å². The Bertz CT molecular complexity index is 1230. The molecule has 3 saturated heterocycles. The van der Waals surface area contributed by atoms with Crippen LogP contribution < -0.4 is 10.2 Å². The van der Waals surface area contributed by atoms with Crippen LogP contribution in [0.1, 0.15) is 60.3 Å². The molecule has 0 spiro atoms. The first-order valence-electron chi connectivity index (χ1n) is 13.8. The summed E-state index contributed by atoms with van der Waals surface area (Å²) in [6.07, 6.45) is 4.16. The van der Waals surface area contributed by atoms with Crippen molar-refractivity contribution < 1.29 is 19.5 Å². The third-order valence-electron chi connectivity index (χ3n) is 8.69. The summed E-state index contributed by atoms with van der Waals surface area (Å²) in [5.41, 5.74) is 1.93. The van der Waals surface area contributed by atoms with Crippen LogP contribution >= 0.6 is 0 Å². The lowest BCUT2D eigenvalue weighted by atomic mass is 9.86. The number of amides is 3. The van der Waals surface area contributed by atoms with Crippen LogP contribution in [0.2, 0.25) is 0 Å². The fourth-order valence-corrected chi connectivity index (χ4v) is 6.51. The first-order chi connectivity index (χ1) is 18.4. The number of benzene rings is 1. The number of para-hydroxylation sites is 1. The van der Waals surface area contributed by atoms with Crippen molar-refractivity contribution in [3.8, 4) is 0 Å². The second-order valence-corrected chi connectivity index (χ2v) is 11.2. The Kier molecular flexibility index (Phi) is 6.65. The molecule has 3 fully saturated rings. The van der Waals surface area contributed by atoms with Gasteiger partial charge in [0.2, 0.25) is 11.8 Å². The van der Waals surface area contributed by atoms with E-state index >= 15 is 0 Å². The highest BCUT2D eigenvalue weighted by Gasteiger charge is 2.42. The molecule has 0 radical (unpaired) electrons. The number of carbonyl (C=O) groups excluding carboxylic acids is 3. The van der Waals surface area contributed by atoms with Gasteiger partial charge >= 0.3 is 0 Å². The van der Waals surface area contributed by atoms with Gasteiger partial charge in [0.15, 0.2) is 0 Å². The number of aromatic nitrogens is 1. The predicted octanol–water partition coefficient (Wildman–Crippen LogP) is 2.04. The van der Waals surface area contributed by atoms with Crippen molar-refractivity contribution in [2.24, 2.45) is 5.92 Å². The van der Waals surface area contributed by atoms with Crippen molar-refractivity contribution in [1.82, 2.24) is 20.1 Å². The van der Waals surface area contributed by atoms with Crippen LogP contribution in [0.5, 0.6) is 0 Å². The van der Waals surface area contributed by atoms with Crippen LogP contribution in [-0.2, 0) is 21.7 Å². The van der Waals surface area contributed by atoms with Crippen LogP contribution in [0, 0.1) is 5.92 Å². The normalized spacial score (nSPS) is 25.9. The van der Waals surface area contributed by atoms with E-state index in [1.165, 1.54) is 23.4 Å². The van der Waals surface area contributed by atoms with E-state index in [9.17, 15) is 19.5 Å². The summed E-state index contributed by atoms with van der Waals surface area (Å²) in [5, 5.41) is 13.9. The second kappa shape index (κ2) is 10.1. The van der Waals surface area contributed by atoms with Gasteiger partial charge in [-0.1, -0.05) is 18.2 Å². The molecule has 2 N–H and O–H groups in total. The standard InChI is InChI=1S/C29H35N5O4/c35-26-11-9-24(27(36)31-26)34-19-23-22(28(34)37)8-10-25(30-23)29(38)12-15-32(16-13-29)17-20-5-4-14-33(18-20)21-6-2-1-3-7-21/h1-3,6-8,10,20,24,38H,4-5,9,11-19H2,(H,31,35,36)/t20-,24?/m1/s1. The summed E-state index contributed by atoms with van der Waals surface area (Å²) in [6.45, 7) is 5.03. The Morgan fingerprint density at radius 3 is 2.55 bits per heavy atom. The number of likely N-dealkylation sites (tertiary alicyclic amines) is 1. The Hall–Kier alpha value is -3.30. The number of nitrogens with one attached hydrogen (secondary N) is 1. The van der Waals surface area contributed by atoms with E-state index in [1.807, 2.05) is 0 Å². The maximum Gasteiger partial charge on any atom is 0.256 e. The molecule has 2 aromatic rings. The zero-order valence-electron chi connectivity index (χ0n) is 21.6. The minimum atomic E-state index is -1.03. The Morgan fingerprint density at radius 1 is 1.00 bits per heavy atom. The molecule has 2 atom stereocenters. The molecule has 1 aromatic carbocycles. The van der Waals surface area contributed by atoms with E-state index in [-0.39, 0.29) is 24.8 Å². The predicted molar refractivity (Wildman–Crippen MR) is 141 cm³/mol. The van der Waals surface area contributed by atoms with Crippen molar-refractivity contribution in [1.29, 1.82) is 0 Å². The minimum absolute atomic E-state index is 0.218. The van der Waals surface area contributed by atoms with Gasteiger partial charge < -0.3 is 19.8 Å². The number of hydrogen-bond acceptors (Lipinski definition) is 7. The molecular weight excluding hydrogens is 482 g/mol. The monoisotopic (exact) mass is 517 g/mol. The van der Waals surface area contributed by atoms with Crippen molar-refractivity contribution >= 4 is 23.4 Å². The highest BCUT2D eigenvalue weighted by Crippen LogP contribution is 2.35. The molecule has 3 amide bonds. The van der Waals surface area contributed by atoms with E-state index in [0.29, 0.717) is 42.1 Å². The van der Waals surface area contributed by atoms with Crippen molar-refractivity contribution in [2.75, 3.05) is 37.6 Å². The number of rotatable bonds is 5. The zero-order valence-corrected chi connectivity index (χ0v) is 21.6. The number of anilines is 1. The molecular formula is C29H35N5O4. The Labute approximate surface area is 222 Å². The largest absolute Gasteiger partial charge is 0.383 e. The number of fused-ring (bicyclic) bond motifs is 1. The quantitative estimate of drug-likeness (QED) is 0.585. The molecule has 9 heteroatoms. The zero-order chi connectivity index (χ0) is 26.3. The summed E-state index contributed by atoms with van der Waals surface area (Å²) in [6, 6.07) is 13.5. The molecule has 0 aliphatic carbocycles. The van der Waals surface area contributed by atoms with Crippen LogP contribution in [0.3, 0.4) is 0 Å². The molecule has 0 bridgehead atoms. The minimum Gasteiger partial charge on any atom is -0.383 e. The Morgan fingerprint density at radius 2 is 1.79 bits per heavy atom. The average Bonchev–Trinajstić information content (AvgIpc) is 3.26. The molecule has 9 nitrogen and oxygen atoms in total. The fraction of sp³-hybridized carbons (Fsp3) is 0.517. The third-order valence-corrected chi connectivity index (χ3v) is 8.69. The van der Waals surface area contributed by atoms with Gasteiger partial charge in [0, 0.05) is 44.8 Å². The molecule has 6 rings (SSSR count). The van der Waals surface area contributed by atoms with Crippen LogP contribution in [0.25, 0.3) is 0 Å². The van der Waals surface area contributed by atoms with Crippen molar-refractivity contribution in [3.63, 3.8) is 0 Å². The molecule has 4 aliphatic heterocycles.